The molecule has 0 saturated heterocycles. The molecule has 0 saturated carbocycles. The SMILES string of the molecule is Brc1ccc(Oc2ccc3c(c2)Oc2cc(Oc4ccc(Br)cc4)ccc2C3C2c3ccc(Oc4ccc(Br)cc4)cc3Oc3cc(Oc4ccc(Br)cc4)ccc32)cc1. The molecule has 2 heterocycles. The van der Waals surface area contributed by atoms with Crippen molar-refractivity contribution in [3.05, 3.63) is 210 Å². The van der Waals surface area contributed by atoms with Gasteiger partial charge in [0.25, 0.3) is 0 Å². The first-order valence-corrected chi connectivity index (χ1v) is 22.1. The molecule has 8 aromatic carbocycles. The molecular weight excluding hydrogens is 1020 g/mol. The number of fused-ring (bicyclic) bond motifs is 4. The molecule has 294 valence electrons. The Hall–Kier alpha value is -5.52. The van der Waals surface area contributed by atoms with Crippen LogP contribution >= 0.6 is 63.7 Å². The average molecular weight is 1050 g/mol. The van der Waals surface area contributed by atoms with Crippen molar-refractivity contribution in [2.75, 3.05) is 0 Å². The number of ether oxygens (including phenoxy) is 6. The lowest BCUT2D eigenvalue weighted by Crippen LogP contribution is -2.22. The van der Waals surface area contributed by atoms with Crippen LogP contribution in [0.4, 0.5) is 0 Å². The van der Waals surface area contributed by atoms with Gasteiger partial charge in [0, 0.05) is 76.2 Å². The number of hydrogen-bond acceptors (Lipinski definition) is 6. The van der Waals surface area contributed by atoms with E-state index in [9.17, 15) is 0 Å². The fourth-order valence-electron chi connectivity index (χ4n) is 7.54. The predicted molar refractivity (Wildman–Crippen MR) is 246 cm³/mol. The Morgan fingerprint density at radius 1 is 0.267 bits per heavy atom. The van der Waals surface area contributed by atoms with Crippen LogP contribution in [0.2, 0.25) is 0 Å². The average Bonchev–Trinajstić information content (AvgIpc) is 3.25. The third kappa shape index (κ3) is 8.17. The highest BCUT2D eigenvalue weighted by molar-refractivity contribution is 9.11. The summed E-state index contributed by atoms with van der Waals surface area (Å²) < 4.78 is 42.9. The minimum atomic E-state index is -0.218. The lowest BCUT2D eigenvalue weighted by molar-refractivity contribution is 0.400. The van der Waals surface area contributed by atoms with E-state index in [1.54, 1.807) is 0 Å². The molecule has 0 spiro atoms. The fraction of sp³-hybridized carbons (Fsp3) is 0.0400. The molecule has 60 heavy (non-hydrogen) atoms. The maximum Gasteiger partial charge on any atom is 0.135 e. The Kier molecular flexibility index (Phi) is 10.6. The molecule has 10 rings (SSSR count). The van der Waals surface area contributed by atoms with Crippen molar-refractivity contribution in [1.29, 1.82) is 0 Å². The van der Waals surface area contributed by atoms with Crippen LogP contribution in [0, 0.1) is 0 Å². The first kappa shape index (κ1) is 38.7. The normalized spacial score (nSPS) is 12.8. The third-order valence-corrected chi connectivity index (χ3v) is 12.4. The Bertz CT molecular complexity index is 2470. The summed E-state index contributed by atoms with van der Waals surface area (Å²) in [6.07, 6.45) is 0. The Morgan fingerprint density at radius 3 is 0.683 bits per heavy atom. The summed E-state index contributed by atoms with van der Waals surface area (Å²) in [6.45, 7) is 0. The number of halogens is 4. The maximum atomic E-state index is 6.80. The Labute approximate surface area is 380 Å². The van der Waals surface area contributed by atoms with Crippen molar-refractivity contribution in [2.45, 2.75) is 11.8 Å². The molecule has 0 unspecified atom stereocenters. The van der Waals surface area contributed by atoms with Gasteiger partial charge in [0.1, 0.15) is 69.0 Å². The molecule has 0 amide bonds. The Balaban J connectivity index is 1.10. The zero-order valence-electron chi connectivity index (χ0n) is 31.3. The van der Waals surface area contributed by atoms with Gasteiger partial charge in [-0.3, -0.25) is 0 Å². The quantitative estimate of drug-likeness (QED) is 0.144. The van der Waals surface area contributed by atoms with Crippen LogP contribution in [-0.4, -0.2) is 0 Å². The van der Waals surface area contributed by atoms with Crippen molar-refractivity contribution in [2.24, 2.45) is 0 Å². The van der Waals surface area contributed by atoms with E-state index >= 15 is 0 Å². The molecular formula is C50H30Br4O6. The van der Waals surface area contributed by atoms with Crippen LogP contribution in [0.5, 0.6) is 69.0 Å². The van der Waals surface area contributed by atoms with E-state index < -0.39 is 0 Å². The molecule has 2 aliphatic heterocycles. The van der Waals surface area contributed by atoms with E-state index in [4.69, 9.17) is 28.4 Å². The van der Waals surface area contributed by atoms with Crippen LogP contribution in [0.15, 0.2) is 188 Å². The van der Waals surface area contributed by atoms with Crippen molar-refractivity contribution in [1.82, 2.24) is 0 Å². The lowest BCUT2D eigenvalue weighted by atomic mass is 9.71. The summed E-state index contributed by atoms with van der Waals surface area (Å²) in [6, 6.07) is 55.3. The zero-order chi connectivity index (χ0) is 40.7. The van der Waals surface area contributed by atoms with E-state index in [0.717, 1.165) is 40.1 Å². The second kappa shape index (κ2) is 16.5. The van der Waals surface area contributed by atoms with Gasteiger partial charge in [-0.05, 0) is 121 Å². The van der Waals surface area contributed by atoms with Gasteiger partial charge in [-0.25, -0.2) is 0 Å². The van der Waals surface area contributed by atoms with Crippen molar-refractivity contribution >= 4 is 63.7 Å². The Morgan fingerprint density at radius 2 is 0.467 bits per heavy atom. The smallest absolute Gasteiger partial charge is 0.135 e. The second-order valence-corrected chi connectivity index (χ2v) is 17.8. The van der Waals surface area contributed by atoms with E-state index in [0.29, 0.717) is 69.0 Å². The monoisotopic (exact) mass is 1040 g/mol. The van der Waals surface area contributed by atoms with Gasteiger partial charge >= 0.3 is 0 Å². The summed E-state index contributed by atoms with van der Waals surface area (Å²) in [7, 11) is 0. The van der Waals surface area contributed by atoms with Crippen molar-refractivity contribution in [3.8, 4) is 69.0 Å². The van der Waals surface area contributed by atoms with Gasteiger partial charge < -0.3 is 28.4 Å². The molecule has 0 aromatic heterocycles. The highest BCUT2D eigenvalue weighted by atomic mass is 79.9. The molecule has 0 aliphatic carbocycles. The molecule has 6 nitrogen and oxygen atoms in total. The number of hydrogen-bond donors (Lipinski definition) is 0. The van der Waals surface area contributed by atoms with Crippen LogP contribution in [0.3, 0.4) is 0 Å². The standard InChI is InChI=1S/C50H30Br4O6/c51-29-1-9-33(10-2-29)55-37-17-21-41-45(25-37)59-46-26-38(56-34-11-3-30(52)4-12-34)18-22-42(46)49(41)50-43-23-19-39(57-35-13-5-31(53)6-14-35)27-47(43)60-48-28-40(20-24-44(48)50)58-36-15-7-32(54)8-16-36/h1-28,49-50H. The molecule has 0 radical (unpaired) electrons. The van der Waals surface area contributed by atoms with Gasteiger partial charge in [-0.2, -0.15) is 0 Å². The third-order valence-electron chi connectivity index (χ3n) is 10.3. The van der Waals surface area contributed by atoms with E-state index in [1.165, 1.54) is 0 Å². The second-order valence-electron chi connectivity index (χ2n) is 14.2. The van der Waals surface area contributed by atoms with E-state index in [-0.39, 0.29) is 11.8 Å². The molecule has 0 N–H and O–H groups in total. The summed E-state index contributed by atoms with van der Waals surface area (Å²) in [5.74, 6) is 7.76. The molecule has 0 fully saturated rings. The van der Waals surface area contributed by atoms with E-state index in [2.05, 4.69) is 88.0 Å². The van der Waals surface area contributed by atoms with Gasteiger partial charge in [0.05, 0.1) is 0 Å². The molecule has 10 heteroatoms. The summed E-state index contributed by atoms with van der Waals surface area (Å²) in [4.78, 5) is 0. The molecule has 8 aromatic rings. The fourth-order valence-corrected chi connectivity index (χ4v) is 8.60. The topological polar surface area (TPSA) is 55.4 Å². The summed E-state index contributed by atoms with van der Waals surface area (Å²) >= 11 is 14.1. The van der Waals surface area contributed by atoms with Crippen LogP contribution in [0.25, 0.3) is 0 Å². The van der Waals surface area contributed by atoms with Crippen LogP contribution in [0.1, 0.15) is 34.1 Å². The van der Waals surface area contributed by atoms with Crippen LogP contribution < -0.4 is 28.4 Å². The zero-order valence-corrected chi connectivity index (χ0v) is 37.6. The molecule has 2 aliphatic rings. The predicted octanol–water partition coefficient (Wildman–Crippen LogP) is 17.1. The molecule has 0 bridgehead atoms. The first-order chi connectivity index (χ1) is 29.3. The number of rotatable bonds is 9. The first-order valence-electron chi connectivity index (χ1n) is 18.9. The van der Waals surface area contributed by atoms with E-state index in [1.807, 2.05) is 146 Å². The van der Waals surface area contributed by atoms with Crippen molar-refractivity contribution < 1.29 is 28.4 Å². The molecule has 0 atom stereocenters. The minimum absolute atomic E-state index is 0.218. The minimum Gasteiger partial charge on any atom is -0.457 e. The van der Waals surface area contributed by atoms with Gasteiger partial charge in [0.15, 0.2) is 0 Å². The van der Waals surface area contributed by atoms with Crippen LogP contribution in [-0.2, 0) is 0 Å². The largest absolute Gasteiger partial charge is 0.457 e. The van der Waals surface area contributed by atoms with Gasteiger partial charge in [-0.1, -0.05) is 88.0 Å². The van der Waals surface area contributed by atoms with Crippen molar-refractivity contribution in [3.63, 3.8) is 0 Å². The maximum absolute atomic E-state index is 6.80. The number of benzene rings is 8. The lowest BCUT2D eigenvalue weighted by Gasteiger charge is -2.38. The highest BCUT2D eigenvalue weighted by Gasteiger charge is 2.41. The van der Waals surface area contributed by atoms with Gasteiger partial charge in [0.2, 0.25) is 0 Å². The van der Waals surface area contributed by atoms with Gasteiger partial charge in [-0.15, -0.1) is 0 Å². The highest BCUT2D eigenvalue weighted by Crippen LogP contribution is 2.59. The summed E-state index contributed by atoms with van der Waals surface area (Å²) in [5.41, 5.74) is 4.01. The summed E-state index contributed by atoms with van der Waals surface area (Å²) in [5, 5.41) is 0.